The third kappa shape index (κ3) is 5.53. The van der Waals surface area contributed by atoms with Crippen molar-refractivity contribution < 1.29 is 69.1 Å². The van der Waals surface area contributed by atoms with E-state index in [1.165, 1.54) is 0 Å². The molecule has 3 nitrogen and oxygen atoms in total. The molecular weight excluding hydrogens is 234 g/mol. The SMILES string of the molecule is CCC1CCC(S(=O)(=O)[O-])CC1.F.[K+]. The zero-order valence-corrected chi connectivity index (χ0v) is 12.7. The molecule has 1 rings (SSSR count). The molecule has 80 valence electrons. The first-order valence-electron chi connectivity index (χ1n) is 4.48. The number of rotatable bonds is 2. The minimum atomic E-state index is -4.01. The van der Waals surface area contributed by atoms with Gasteiger partial charge in [-0.2, -0.15) is 0 Å². The van der Waals surface area contributed by atoms with Gasteiger partial charge >= 0.3 is 51.4 Å². The van der Waals surface area contributed by atoms with Crippen LogP contribution in [0.25, 0.3) is 0 Å². The molecule has 1 saturated carbocycles. The van der Waals surface area contributed by atoms with E-state index in [0.717, 1.165) is 19.3 Å². The third-order valence-corrected chi connectivity index (χ3v) is 4.07. The maximum atomic E-state index is 10.6. The van der Waals surface area contributed by atoms with E-state index in [9.17, 15) is 13.0 Å². The fourth-order valence-electron chi connectivity index (χ4n) is 1.83. The van der Waals surface area contributed by atoms with Crippen LogP contribution in [-0.2, 0) is 10.1 Å². The van der Waals surface area contributed by atoms with Crippen molar-refractivity contribution >= 4 is 10.1 Å². The second-order valence-electron chi connectivity index (χ2n) is 3.54. The van der Waals surface area contributed by atoms with Gasteiger partial charge in [0.15, 0.2) is 0 Å². The van der Waals surface area contributed by atoms with Gasteiger partial charge in [-0.3, -0.25) is 4.70 Å². The minimum Gasteiger partial charge on any atom is -0.748 e. The van der Waals surface area contributed by atoms with Crippen LogP contribution in [0.3, 0.4) is 0 Å². The number of halogens is 1. The number of hydrogen-bond donors (Lipinski definition) is 0. The van der Waals surface area contributed by atoms with Crippen molar-refractivity contribution in [2.45, 2.75) is 44.3 Å². The average Bonchev–Trinajstić information content (AvgIpc) is 2.03. The Morgan fingerprint density at radius 2 is 1.64 bits per heavy atom. The van der Waals surface area contributed by atoms with Gasteiger partial charge < -0.3 is 4.55 Å². The topological polar surface area (TPSA) is 57.2 Å². The van der Waals surface area contributed by atoms with Crippen LogP contribution in [0.2, 0.25) is 0 Å². The van der Waals surface area contributed by atoms with Gasteiger partial charge in [0.1, 0.15) is 0 Å². The molecule has 0 aromatic carbocycles. The summed E-state index contributed by atoms with van der Waals surface area (Å²) in [7, 11) is -4.01. The van der Waals surface area contributed by atoms with Crippen LogP contribution in [0.15, 0.2) is 0 Å². The van der Waals surface area contributed by atoms with Crippen molar-refractivity contribution in [1.29, 1.82) is 0 Å². The van der Waals surface area contributed by atoms with Crippen LogP contribution in [0.1, 0.15) is 39.0 Å². The molecule has 0 N–H and O–H groups in total. The van der Waals surface area contributed by atoms with E-state index in [1.807, 2.05) is 0 Å². The molecule has 1 fully saturated rings. The summed E-state index contributed by atoms with van der Waals surface area (Å²) in [6.45, 7) is 2.11. The molecule has 0 atom stereocenters. The molecule has 0 spiro atoms. The van der Waals surface area contributed by atoms with Gasteiger partial charge in [-0.15, -0.1) is 0 Å². The number of hydrogen-bond acceptors (Lipinski definition) is 3. The summed E-state index contributed by atoms with van der Waals surface area (Å²) in [5.41, 5.74) is 0. The Labute approximate surface area is 128 Å². The van der Waals surface area contributed by atoms with E-state index < -0.39 is 15.4 Å². The Bertz CT molecular complexity index is 235. The summed E-state index contributed by atoms with van der Waals surface area (Å²) in [6, 6.07) is 0. The predicted molar refractivity (Wildman–Crippen MR) is 48.2 cm³/mol. The van der Waals surface area contributed by atoms with Gasteiger partial charge in [-0.25, -0.2) is 8.42 Å². The molecule has 0 aromatic rings. The van der Waals surface area contributed by atoms with Gasteiger partial charge in [-0.1, -0.05) is 13.3 Å². The molecule has 0 unspecified atom stereocenters. The summed E-state index contributed by atoms with van der Waals surface area (Å²) in [5, 5.41) is -0.597. The summed E-state index contributed by atoms with van der Waals surface area (Å²) in [4.78, 5) is 0. The first-order valence-corrected chi connectivity index (χ1v) is 5.96. The molecule has 1 aliphatic rings. The van der Waals surface area contributed by atoms with Gasteiger partial charge in [0, 0.05) is 5.25 Å². The molecular formula is C8H16FKO3S. The Balaban J connectivity index is 0. The van der Waals surface area contributed by atoms with Crippen LogP contribution in [0, 0.1) is 5.92 Å². The second kappa shape index (κ2) is 7.70. The van der Waals surface area contributed by atoms with Crippen molar-refractivity contribution in [3.8, 4) is 0 Å². The van der Waals surface area contributed by atoms with Crippen molar-refractivity contribution in [2.75, 3.05) is 0 Å². The van der Waals surface area contributed by atoms with Crippen LogP contribution < -0.4 is 51.4 Å². The smallest absolute Gasteiger partial charge is 0.748 e. The zero-order chi connectivity index (χ0) is 9.19. The molecule has 0 aliphatic heterocycles. The monoisotopic (exact) mass is 250 g/mol. The Kier molecular flexibility index (Phi) is 9.82. The fraction of sp³-hybridized carbons (Fsp3) is 1.00. The molecule has 0 aromatic heterocycles. The maximum absolute atomic E-state index is 10.6. The molecule has 0 bridgehead atoms. The molecule has 1 aliphatic carbocycles. The Morgan fingerprint density at radius 3 is 1.93 bits per heavy atom. The standard InChI is InChI=1S/C8H16O3S.FH.K/c1-2-7-3-5-8(6-4-7)12(9,10)11;;/h7-8H,2-6H2,1H3,(H,9,10,11);1H;/q;;+1/p-1. The quantitative estimate of drug-likeness (QED) is 0.450. The molecule has 14 heavy (non-hydrogen) atoms. The minimum absolute atomic E-state index is 0. The molecule has 0 heterocycles. The largest absolute Gasteiger partial charge is 1.00 e. The summed E-state index contributed by atoms with van der Waals surface area (Å²) < 4.78 is 31.9. The fourth-order valence-corrected chi connectivity index (χ4v) is 2.68. The Hall–Kier alpha value is 1.48. The molecule has 0 saturated heterocycles. The maximum Gasteiger partial charge on any atom is 1.00 e. The summed E-state index contributed by atoms with van der Waals surface area (Å²) in [5.74, 6) is 0.642. The van der Waals surface area contributed by atoms with E-state index in [4.69, 9.17) is 0 Å². The Morgan fingerprint density at radius 1 is 1.21 bits per heavy atom. The van der Waals surface area contributed by atoms with Crippen LogP contribution in [-0.4, -0.2) is 18.2 Å². The normalized spacial score (nSPS) is 27.3. The van der Waals surface area contributed by atoms with E-state index in [-0.39, 0.29) is 56.1 Å². The molecule has 0 radical (unpaired) electrons. The van der Waals surface area contributed by atoms with Gasteiger partial charge in [0.2, 0.25) is 0 Å². The van der Waals surface area contributed by atoms with Crippen LogP contribution >= 0.6 is 0 Å². The van der Waals surface area contributed by atoms with E-state index >= 15 is 0 Å². The second-order valence-corrected chi connectivity index (χ2v) is 5.20. The van der Waals surface area contributed by atoms with E-state index in [0.29, 0.717) is 18.8 Å². The van der Waals surface area contributed by atoms with Crippen molar-refractivity contribution in [1.82, 2.24) is 0 Å². The van der Waals surface area contributed by atoms with Gasteiger partial charge in [0.05, 0.1) is 10.1 Å². The van der Waals surface area contributed by atoms with Gasteiger partial charge in [0.25, 0.3) is 0 Å². The van der Waals surface area contributed by atoms with Crippen molar-refractivity contribution in [2.24, 2.45) is 5.92 Å². The predicted octanol–water partition coefficient (Wildman–Crippen LogP) is -1.34. The molecule has 0 amide bonds. The third-order valence-electron chi connectivity index (χ3n) is 2.78. The first-order chi connectivity index (χ1) is 5.54. The van der Waals surface area contributed by atoms with Crippen molar-refractivity contribution in [3.05, 3.63) is 0 Å². The summed E-state index contributed by atoms with van der Waals surface area (Å²) >= 11 is 0. The summed E-state index contributed by atoms with van der Waals surface area (Å²) in [6.07, 6.45) is 4.06. The molecule has 6 heteroatoms. The zero-order valence-electron chi connectivity index (χ0n) is 8.73. The van der Waals surface area contributed by atoms with Gasteiger partial charge in [-0.05, 0) is 31.6 Å². The van der Waals surface area contributed by atoms with Crippen molar-refractivity contribution in [3.63, 3.8) is 0 Å². The first kappa shape index (κ1) is 17.9. The van der Waals surface area contributed by atoms with E-state index in [1.54, 1.807) is 0 Å². The van der Waals surface area contributed by atoms with Crippen LogP contribution in [0.5, 0.6) is 0 Å². The van der Waals surface area contributed by atoms with Crippen LogP contribution in [0.4, 0.5) is 4.70 Å². The van der Waals surface area contributed by atoms with E-state index in [2.05, 4.69) is 6.92 Å². The average molecular weight is 250 g/mol.